The van der Waals surface area contributed by atoms with Crippen molar-refractivity contribution in [2.75, 3.05) is 26.7 Å². The fourth-order valence-electron chi connectivity index (χ4n) is 4.67. The van der Waals surface area contributed by atoms with Gasteiger partial charge in [-0.2, -0.15) is 0 Å². The molecule has 0 bridgehead atoms. The van der Waals surface area contributed by atoms with Gasteiger partial charge in [0.15, 0.2) is 5.78 Å². The van der Waals surface area contributed by atoms with Crippen molar-refractivity contribution < 1.29 is 14.4 Å². The van der Waals surface area contributed by atoms with Gasteiger partial charge in [-0.15, -0.1) is 0 Å². The van der Waals surface area contributed by atoms with Crippen LogP contribution in [0.15, 0.2) is 0 Å². The number of carbonyl (C=O) groups is 3. The third-order valence-corrected chi connectivity index (χ3v) is 6.03. The van der Waals surface area contributed by atoms with Gasteiger partial charge in [-0.1, -0.05) is 6.92 Å². The van der Waals surface area contributed by atoms with E-state index in [0.717, 1.165) is 51.5 Å². The molecule has 0 spiro atoms. The second-order valence-corrected chi connectivity index (χ2v) is 7.73. The summed E-state index contributed by atoms with van der Waals surface area (Å²) in [5, 5.41) is 0. The van der Waals surface area contributed by atoms with Crippen molar-refractivity contribution in [1.82, 2.24) is 14.7 Å². The molecule has 25 heavy (non-hydrogen) atoms. The lowest BCUT2D eigenvalue weighted by Gasteiger charge is -2.33. The average Bonchev–Trinajstić information content (AvgIpc) is 3.33. The molecule has 3 saturated heterocycles. The number of hydrogen-bond donors (Lipinski definition) is 0. The fourth-order valence-corrected chi connectivity index (χ4v) is 4.67. The molecule has 2 amide bonds. The van der Waals surface area contributed by atoms with Crippen molar-refractivity contribution in [3.8, 4) is 0 Å². The molecule has 3 fully saturated rings. The Labute approximate surface area is 150 Å². The summed E-state index contributed by atoms with van der Waals surface area (Å²) in [6.07, 6.45) is 6.54. The summed E-state index contributed by atoms with van der Waals surface area (Å²) < 4.78 is 0. The van der Waals surface area contributed by atoms with Gasteiger partial charge < -0.3 is 9.80 Å². The predicted octanol–water partition coefficient (Wildman–Crippen LogP) is 1.43. The number of likely N-dealkylation sites (tertiary alicyclic amines) is 3. The molecule has 140 valence electrons. The van der Waals surface area contributed by atoms with Gasteiger partial charge in [0.2, 0.25) is 11.8 Å². The molecule has 3 aliphatic rings. The quantitative estimate of drug-likeness (QED) is 0.753. The van der Waals surface area contributed by atoms with Crippen LogP contribution in [0, 0.1) is 0 Å². The van der Waals surface area contributed by atoms with Crippen LogP contribution < -0.4 is 0 Å². The van der Waals surface area contributed by atoms with Crippen LogP contribution >= 0.6 is 0 Å². The first-order chi connectivity index (χ1) is 12.0. The van der Waals surface area contributed by atoms with Gasteiger partial charge in [-0.05, 0) is 58.5 Å². The van der Waals surface area contributed by atoms with Crippen molar-refractivity contribution in [2.45, 2.75) is 76.4 Å². The number of nitrogens with zero attached hydrogens (tertiary/aromatic N) is 3. The van der Waals surface area contributed by atoms with Crippen LogP contribution in [0.5, 0.6) is 0 Å². The Morgan fingerprint density at radius 3 is 1.92 bits per heavy atom. The molecule has 0 aromatic heterocycles. The predicted molar refractivity (Wildman–Crippen MR) is 95.0 cm³/mol. The molecule has 0 aliphatic carbocycles. The molecule has 0 saturated carbocycles. The topological polar surface area (TPSA) is 60.9 Å². The summed E-state index contributed by atoms with van der Waals surface area (Å²) in [5.74, 6) is 0.282. The number of likely N-dealkylation sites (N-methyl/N-ethyl adjacent to an activating group) is 1. The summed E-state index contributed by atoms with van der Waals surface area (Å²) in [7, 11) is 1.99. The van der Waals surface area contributed by atoms with Gasteiger partial charge in [0.25, 0.3) is 0 Å². The highest BCUT2D eigenvalue weighted by Crippen LogP contribution is 2.28. The van der Waals surface area contributed by atoms with E-state index in [-0.39, 0.29) is 35.7 Å². The van der Waals surface area contributed by atoms with E-state index in [2.05, 4.69) is 4.90 Å². The Bertz CT molecular complexity index is 536. The first-order valence-electron chi connectivity index (χ1n) is 9.88. The number of hydrogen-bond acceptors (Lipinski definition) is 4. The third-order valence-electron chi connectivity index (χ3n) is 6.03. The zero-order valence-electron chi connectivity index (χ0n) is 15.6. The summed E-state index contributed by atoms with van der Waals surface area (Å²) >= 11 is 0. The van der Waals surface area contributed by atoms with Crippen LogP contribution in [-0.4, -0.2) is 77.1 Å². The summed E-state index contributed by atoms with van der Waals surface area (Å²) in [6, 6.07) is -0.708. The molecule has 3 heterocycles. The fraction of sp³-hybridized carbons (Fsp3) is 0.842. The highest BCUT2D eigenvalue weighted by atomic mass is 16.2. The van der Waals surface area contributed by atoms with Crippen molar-refractivity contribution >= 4 is 17.6 Å². The summed E-state index contributed by atoms with van der Waals surface area (Å²) in [4.78, 5) is 44.1. The lowest BCUT2D eigenvalue weighted by atomic mass is 10.0. The smallest absolute Gasteiger partial charge is 0.245 e. The number of rotatable bonds is 5. The molecule has 3 atom stereocenters. The molecular weight excluding hydrogens is 318 g/mol. The monoisotopic (exact) mass is 349 g/mol. The zero-order valence-corrected chi connectivity index (χ0v) is 15.6. The maximum absolute atomic E-state index is 13.1. The zero-order chi connectivity index (χ0) is 18.0. The first-order valence-corrected chi connectivity index (χ1v) is 9.88. The van der Waals surface area contributed by atoms with Crippen molar-refractivity contribution in [3.05, 3.63) is 0 Å². The van der Waals surface area contributed by atoms with Crippen molar-refractivity contribution in [3.63, 3.8) is 0 Å². The molecular formula is C19H31N3O3. The Hall–Kier alpha value is -1.43. The Kier molecular flexibility index (Phi) is 5.77. The van der Waals surface area contributed by atoms with Crippen LogP contribution in [0.25, 0.3) is 0 Å². The van der Waals surface area contributed by atoms with Gasteiger partial charge in [0.05, 0.1) is 12.1 Å². The first kappa shape index (κ1) is 18.4. The van der Waals surface area contributed by atoms with E-state index >= 15 is 0 Å². The Morgan fingerprint density at radius 1 is 0.800 bits per heavy atom. The van der Waals surface area contributed by atoms with E-state index in [1.165, 1.54) is 0 Å². The molecule has 0 radical (unpaired) electrons. The minimum Gasteiger partial charge on any atom is -0.331 e. The van der Waals surface area contributed by atoms with Gasteiger partial charge >= 0.3 is 0 Å². The van der Waals surface area contributed by atoms with E-state index < -0.39 is 0 Å². The molecule has 3 rings (SSSR count). The Balaban J connectivity index is 1.70. The van der Waals surface area contributed by atoms with Gasteiger partial charge in [-0.3, -0.25) is 19.3 Å². The highest BCUT2D eigenvalue weighted by Gasteiger charge is 2.43. The van der Waals surface area contributed by atoms with E-state index in [4.69, 9.17) is 0 Å². The standard InChI is InChI=1S/C19H31N3O3/c1-3-7-17(23)14-8-5-12-21(14)19(25)16-10-6-13-22(16)18(24)15-9-4-11-20(15)2/h14-16H,3-13H2,1-2H3. The average molecular weight is 349 g/mol. The van der Waals surface area contributed by atoms with Gasteiger partial charge in [0, 0.05) is 19.5 Å². The van der Waals surface area contributed by atoms with Crippen molar-refractivity contribution in [2.24, 2.45) is 0 Å². The van der Waals surface area contributed by atoms with Gasteiger partial charge in [0.1, 0.15) is 6.04 Å². The normalized spacial score (nSPS) is 30.2. The van der Waals surface area contributed by atoms with E-state index in [0.29, 0.717) is 19.5 Å². The van der Waals surface area contributed by atoms with Crippen molar-refractivity contribution in [1.29, 1.82) is 0 Å². The molecule has 0 aromatic rings. The third kappa shape index (κ3) is 3.59. The Morgan fingerprint density at radius 2 is 1.32 bits per heavy atom. The van der Waals surface area contributed by atoms with Crippen LogP contribution in [-0.2, 0) is 14.4 Å². The van der Waals surface area contributed by atoms with Crippen LogP contribution in [0.4, 0.5) is 0 Å². The highest BCUT2D eigenvalue weighted by molar-refractivity contribution is 5.94. The lowest BCUT2D eigenvalue weighted by molar-refractivity contribution is -0.148. The van der Waals surface area contributed by atoms with Gasteiger partial charge in [-0.25, -0.2) is 0 Å². The number of carbonyl (C=O) groups excluding carboxylic acids is 3. The molecule has 0 N–H and O–H groups in total. The second kappa shape index (κ2) is 7.85. The van der Waals surface area contributed by atoms with E-state index in [1.807, 2.05) is 14.0 Å². The van der Waals surface area contributed by atoms with E-state index in [9.17, 15) is 14.4 Å². The maximum Gasteiger partial charge on any atom is 0.245 e. The minimum absolute atomic E-state index is 0.00143. The molecule has 6 nitrogen and oxygen atoms in total. The second-order valence-electron chi connectivity index (χ2n) is 7.73. The SMILES string of the molecule is CCCC(=O)C1CCCN1C(=O)C1CCCN1C(=O)C1CCCN1C. The van der Waals surface area contributed by atoms with E-state index in [1.54, 1.807) is 9.80 Å². The molecule has 3 aliphatic heterocycles. The molecule has 3 unspecified atom stereocenters. The van der Waals surface area contributed by atoms with Crippen LogP contribution in [0.1, 0.15) is 58.3 Å². The maximum atomic E-state index is 13.1. The molecule has 0 aromatic carbocycles. The lowest BCUT2D eigenvalue weighted by Crippen LogP contribution is -2.54. The van der Waals surface area contributed by atoms with Crippen LogP contribution in [0.2, 0.25) is 0 Å². The summed E-state index contributed by atoms with van der Waals surface area (Å²) in [5.41, 5.74) is 0. The number of Topliss-reactive ketones (excluding diaryl/α,β-unsaturated/α-hetero) is 1. The minimum atomic E-state index is -0.364. The molecule has 6 heteroatoms. The summed E-state index contributed by atoms with van der Waals surface area (Å²) in [6.45, 7) is 4.26. The largest absolute Gasteiger partial charge is 0.331 e. The van der Waals surface area contributed by atoms with Crippen LogP contribution in [0.3, 0.4) is 0 Å². The number of ketones is 1. The number of amides is 2.